The average Bonchev–Trinajstić information content (AvgIpc) is 2.47. The predicted molar refractivity (Wildman–Crippen MR) is 83.1 cm³/mol. The van der Waals surface area contributed by atoms with Crippen LogP contribution in [0.3, 0.4) is 0 Å². The Hall–Kier alpha value is -2.10. The number of amides is 1. The third-order valence-corrected chi connectivity index (χ3v) is 3.31. The molecular weight excluding hydrogens is 250 g/mol. The number of hydrogen-bond acceptors (Lipinski definition) is 3. The average molecular weight is 271 g/mol. The van der Waals surface area contributed by atoms with Crippen molar-refractivity contribution in [2.45, 2.75) is 33.2 Å². The molecule has 4 heteroatoms. The van der Waals surface area contributed by atoms with Crippen LogP contribution in [0.4, 0.5) is 5.82 Å². The molecule has 1 unspecified atom stereocenters. The maximum atomic E-state index is 12.2. The Morgan fingerprint density at radius 1 is 1.30 bits per heavy atom. The molecule has 20 heavy (non-hydrogen) atoms. The van der Waals surface area contributed by atoms with Crippen LogP contribution in [0.2, 0.25) is 0 Å². The molecule has 0 radical (unpaired) electrons. The van der Waals surface area contributed by atoms with Crippen molar-refractivity contribution in [3.05, 3.63) is 36.0 Å². The summed E-state index contributed by atoms with van der Waals surface area (Å²) in [5, 5.41) is 8.23. The lowest BCUT2D eigenvalue weighted by Gasteiger charge is -2.13. The first-order valence-corrected chi connectivity index (χ1v) is 7.10. The van der Waals surface area contributed by atoms with E-state index < -0.39 is 0 Å². The number of carbonyl (C=O) groups is 1. The molecular formula is C16H21N3O. The van der Waals surface area contributed by atoms with E-state index in [9.17, 15) is 4.79 Å². The topological polar surface area (TPSA) is 54.0 Å². The summed E-state index contributed by atoms with van der Waals surface area (Å²) in [4.78, 5) is 16.7. The molecule has 2 rings (SSSR count). The van der Waals surface area contributed by atoms with Gasteiger partial charge in [-0.3, -0.25) is 4.79 Å². The first kappa shape index (κ1) is 14.3. The zero-order valence-corrected chi connectivity index (χ0v) is 12.2. The highest BCUT2D eigenvalue weighted by atomic mass is 16.1. The summed E-state index contributed by atoms with van der Waals surface area (Å²) in [6.45, 7) is 6.82. The Balaban J connectivity index is 2.41. The van der Waals surface area contributed by atoms with E-state index in [0.29, 0.717) is 5.69 Å². The van der Waals surface area contributed by atoms with Crippen LogP contribution in [-0.4, -0.2) is 23.5 Å². The van der Waals surface area contributed by atoms with Crippen molar-refractivity contribution in [3.8, 4) is 0 Å². The van der Waals surface area contributed by atoms with Crippen LogP contribution in [0.5, 0.6) is 0 Å². The second-order valence-electron chi connectivity index (χ2n) is 4.89. The van der Waals surface area contributed by atoms with Gasteiger partial charge >= 0.3 is 0 Å². The summed E-state index contributed by atoms with van der Waals surface area (Å²) < 4.78 is 0. The summed E-state index contributed by atoms with van der Waals surface area (Å²) in [7, 11) is 0. The van der Waals surface area contributed by atoms with Crippen LogP contribution in [0, 0.1) is 0 Å². The summed E-state index contributed by atoms with van der Waals surface area (Å²) in [6.07, 6.45) is 0.902. The first-order chi connectivity index (χ1) is 9.65. The third-order valence-electron chi connectivity index (χ3n) is 3.31. The fourth-order valence-electron chi connectivity index (χ4n) is 2.02. The fourth-order valence-corrected chi connectivity index (χ4v) is 2.02. The highest BCUT2D eigenvalue weighted by Gasteiger charge is 2.13. The van der Waals surface area contributed by atoms with Crippen LogP contribution in [-0.2, 0) is 0 Å². The van der Waals surface area contributed by atoms with Crippen LogP contribution >= 0.6 is 0 Å². The Labute approximate surface area is 119 Å². The fraction of sp³-hybridized carbons (Fsp3) is 0.375. The van der Waals surface area contributed by atoms with Gasteiger partial charge in [0.15, 0.2) is 0 Å². The summed E-state index contributed by atoms with van der Waals surface area (Å²) >= 11 is 0. The van der Waals surface area contributed by atoms with Crippen molar-refractivity contribution >= 4 is 22.5 Å². The molecule has 2 aromatic rings. The SMILES string of the molecule is CCNc1nc(C(=O)NC(C)CC)cc2ccccc12. The number of aromatic nitrogens is 1. The van der Waals surface area contributed by atoms with E-state index in [0.717, 1.165) is 29.6 Å². The van der Waals surface area contributed by atoms with E-state index in [4.69, 9.17) is 0 Å². The van der Waals surface area contributed by atoms with Gasteiger partial charge in [-0.25, -0.2) is 4.98 Å². The van der Waals surface area contributed by atoms with Gasteiger partial charge in [0, 0.05) is 18.0 Å². The zero-order valence-electron chi connectivity index (χ0n) is 12.2. The van der Waals surface area contributed by atoms with Crippen molar-refractivity contribution in [2.24, 2.45) is 0 Å². The second kappa shape index (κ2) is 6.37. The normalized spacial score (nSPS) is 12.2. The van der Waals surface area contributed by atoms with Gasteiger partial charge in [0.2, 0.25) is 0 Å². The zero-order chi connectivity index (χ0) is 14.5. The van der Waals surface area contributed by atoms with E-state index in [1.54, 1.807) is 0 Å². The minimum Gasteiger partial charge on any atom is -0.370 e. The molecule has 0 spiro atoms. The molecule has 1 aromatic carbocycles. The molecule has 0 saturated carbocycles. The number of hydrogen-bond donors (Lipinski definition) is 2. The van der Waals surface area contributed by atoms with Crippen molar-refractivity contribution in [1.82, 2.24) is 10.3 Å². The monoisotopic (exact) mass is 271 g/mol. The Morgan fingerprint density at radius 3 is 2.75 bits per heavy atom. The first-order valence-electron chi connectivity index (χ1n) is 7.10. The smallest absolute Gasteiger partial charge is 0.270 e. The van der Waals surface area contributed by atoms with E-state index >= 15 is 0 Å². The Kier molecular flexibility index (Phi) is 4.56. The highest BCUT2D eigenvalue weighted by molar-refractivity contribution is 6.00. The van der Waals surface area contributed by atoms with Gasteiger partial charge in [0.25, 0.3) is 5.91 Å². The molecule has 1 aromatic heterocycles. The quantitative estimate of drug-likeness (QED) is 0.878. The maximum Gasteiger partial charge on any atom is 0.270 e. The van der Waals surface area contributed by atoms with Crippen molar-refractivity contribution in [3.63, 3.8) is 0 Å². The van der Waals surface area contributed by atoms with Gasteiger partial charge in [-0.05, 0) is 31.7 Å². The van der Waals surface area contributed by atoms with Gasteiger partial charge in [0.1, 0.15) is 11.5 Å². The number of benzene rings is 1. The standard InChI is InChI=1S/C16H21N3O/c1-4-11(3)18-16(20)14-10-12-8-6-7-9-13(12)15(19-14)17-5-2/h6-11H,4-5H2,1-3H3,(H,17,19)(H,18,20). The van der Waals surface area contributed by atoms with Crippen LogP contribution in [0.15, 0.2) is 30.3 Å². The number of nitrogens with zero attached hydrogens (tertiary/aromatic N) is 1. The molecule has 1 atom stereocenters. The van der Waals surface area contributed by atoms with Crippen LogP contribution in [0.1, 0.15) is 37.7 Å². The van der Waals surface area contributed by atoms with Gasteiger partial charge in [-0.2, -0.15) is 0 Å². The second-order valence-corrected chi connectivity index (χ2v) is 4.89. The molecule has 0 aliphatic carbocycles. The number of fused-ring (bicyclic) bond motifs is 1. The summed E-state index contributed by atoms with van der Waals surface area (Å²) in [5.74, 6) is 0.643. The number of rotatable bonds is 5. The van der Waals surface area contributed by atoms with E-state index in [-0.39, 0.29) is 11.9 Å². The lowest BCUT2D eigenvalue weighted by molar-refractivity contribution is 0.0934. The minimum absolute atomic E-state index is 0.121. The summed E-state index contributed by atoms with van der Waals surface area (Å²) in [6, 6.07) is 9.94. The van der Waals surface area contributed by atoms with Crippen LogP contribution < -0.4 is 10.6 Å². The molecule has 0 aliphatic heterocycles. The Morgan fingerprint density at radius 2 is 2.05 bits per heavy atom. The largest absolute Gasteiger partial charge is 0.370 e. The van der Waals surface area contributed by atoms with Crippen molar-refractivity contribution in [1.29, 1.82) is 0 Å². The molecule has 0 aliphatic rings. The van der Waals surface area contributed by atoms with Crippen molar-refractivity contribution in [2.75, 3.05) is 11.9 Å². The number of anilines is 1. The van der Waals surface area contributed by atoms with Crippen LogP contribution in [0.25, 0.3) is 10.8 Å². The van der Waals surface area contributed by atoms with E-state index in [2.05, 4.69) is 15.6 Å². The maximum absolute atomic E-state index is 12.2. The minimum atomic E-state index is -0.121. The number of pyridine rings is 1. The molecule has 0 bridgehead atoms. The van der Waals surface area contributed by atoms with Crippen molar-refractivity contribution < 1.29 is 4.79 Å². The van der Waals surface area contributed by atoms with Gasteiger partial charge in [-0.1, -0.05) is 31.2 Å². The lowest BCUT2D eigenvalue weighted by Crippen LogP contribution is -2.32. The number of nitrogens with one attached hydrogen (secondary N) is 2. The molecule has 106 valence electrons. The van der Waals surface area contributed by atoms with E-state index in [1.807, 2.05) is 51.1 Å². The third kappa shape index (κ3) is 3.07. The molecule has 4 nitrogen and oxygen atoms in total. The van der Waals surface area contributed by atoms with E-state index in [1.165, 1.54) is 0 Å². The highest BCUT2D eigenvalue weighted by Crippen LogP contribution is 2.22. The summed E-state index contributed by atoms with van der Waals surface area (Å²) in [5.41, 5.74) is 0.458. The molecule has 0 fully saturated rings. The number of carbonyl (C=O) groups excluding carboxylic acids is 1. The molecule has 0 saturated heterocycles. The van der Waals surface area contributed by atoms with Gasteiger partial charge < -0.3 is 10.6 Å². The van der Waals surface area contributed by atoms with Gasteiger partial charge in [0.05, 0.1) is 0 Å². The van der Waals surface area contributed by atoms with Gasteiger partial charge in [-0.15, -0.1) is 0 Å². The molecule has 1 heterocycles. The Bertz CT molecular complexity index is 610. The predicted octanol–water partition coefficient (Wildman–Crippen LogP) is 3.19. The lowest BCUT2D eigenvalue weighted by atomic mass is 10.1. The molecule has 2 N–H and O–H groups in total. The molecule has 1 amide bonds.